The first-order valence-corrected chi connectivity index (χ1v) is 9.70. The number of anilines is 1. The van der Waals surface area contributed by atoms with E-state index in [-0.39, 0.29) is 23.9 Å². The Labute approximate surface area is 166 Å². The first-order valence-electron chi connectivity index (χ1n) is 9.70. The third-order valence-corrected chi connectivity index (χ3v) is 5.48. The highest BCUT2D eigenvalue weighted by Gasteiger charge is 2.47. The van der Waals surface area contributed by atoms with E-state index in [1.54, 1.807) is 0 Å². The molecule has 9 heteroatoms. The van der Waals surface area contributed by atoms with Crippen molar-refractivity contribution in [1.82, 2.24) is 15.1 Å². The summed E-state index contributed by atoms with van der Waals surface area (Å²) in [6.07, 6.45) is -1.73. The minimum absolute atomic E-state index is 0.0541. The molecule has 2 aliphatic heterocycles. The lowest BCUT2D eigenvalue weighted by molar-refractivity contribution is -0.173. The number of ether oxygens (including phenoxy) is 1. The van der Waals surface area contributed by atoms with Crippen LogP contribution in [0.1, 0.15) is 52.8 Å². The highest BCUT2D eigenvalue weighted by atomic mass is 19.4. The zero-order valence-electron chi connectivity index (χ0n) is 16.0. The molecule has 3 heterocycles. The Morgan fingerprint density at radius 3 is 2.76 bits per heavy atom. The molecule has 156 valence electrons. The minimum Gasteiger partial charge on any atom is -0.376 e. The average molecular weight is 408 g/mol. The summed E-state index contributed by atoms with van der Waals surface area (Å²) in [6.45, 7) is 2.91. The Bertz CT molecular complexity index is 873. The van der Waals surface area contributed by atoms with Crippen LogP contribution in [0.5, 0.6) is 0 Å². The van der Waals surface area contributed by atoms with E-state index in [9.17, 15) is 18.0 Å². The maximum Gasteiger partial charge on any atom is 0.410 e. The van der Waals surface area contributed by atoms with Crippen molar-refractivity contribution >= 4 is 11.7 Å². The number of fused-ring (bicyclic) bond motifs is 1. The zero-order chi connectivity index (χ0) is 20.6. The molecule has 1 fully saturated rings. The van der Waals surface area contributed by atoms with Crippen LogP contribution in [0.3, 0.4) is 0 Å². The molecule has 1 aromatic heterocycles. The number of nitrogens with zero attached hydrogens (tertiary/aromatic N) is 2. The number of hydrogen-bond donors (Lipinski definition) is 2. The number of halogens is 3. The van der Waals surface area contributed by atoms with Crippen molar-refractivity contribution in [2.75, 3.05) is 18.5 Å². The van der Waals surface area contributed by atoms with E-state index in [0.717, 1.165) is 28.7 Å². The fraction of sp³-hybridized carbons (Fsp3) is 0.500. The Morgan fingerprint density at radius 1 is 1.34 bits per heavy atom. The molecule has 2 aliphatic rings. The van der Waals surface area contributed by atoms with Crippen molar-refractivity contribution < 1.29 is 22.7 Å². The lowest BCUT2D eigenvalue weighted by atomic mass is 9.96. The second-order valence-electron chi connectivity index (χ2n) is 7.60. The smallest absolute Gasteiger partial charge is 0.376 e. The van der Waals surface area contributed by atoms with Gasteiger partial charge >= 0.3 is 6.18 Å². The number of hydrogen-bond acceptors (Lipinski definition) is 4. The molecule has 6 nitrogen and oxygen atoms in total. The topological polar surface area (TPSA) is 68.2 Å². The van der Waals surface area contributed by atoms with Gasteiger partial charge in [0, 0.05) is 19.6 Å². The molecule has 3 atom stereocenters. The highest BCUT2D eigenvalue weighted by molar-refractivity contribution is 5.98. The third-order valence-electron chi connectivity index (χ3n) is 5.48. The van der Waals surface area contributed by atoms with Gasteiger partial charge in [-0.3, -0.25) is 4.79 Å². The lowest BCUT2D eigenvalue weighted by Crippen LogP contribution is -2.37. The molecule has 1 amide bonds. The molecular weight excluding hydrogens is 385 g/mol. The van der Waals surface area contributed by atoms with E-state index in [1.165, 1.54) is 6.20 Å². The van der Waals surface area contributed by atoms with Crippen LogP contribution in [0, 0.1) is 6.92 Å². The van der Waals surface area contributed by atoms with Crippen molar-refractivity contribution in [2.24, 2.45) is 0 Å². The monoisotopic (exact) mass is 408 g/mol. The van der Waals surface area contributed by atoms with Crippen LogP contribution in [-0.2, 0) is 4.74 Å². The number of amides is 1. The van der Waals surface area contributed by atoms with Crippen LogP contribution in [0.2, 0.25) is 0 Å². The molecule has 2 N–H and O–H groups in total. The largest absolute Gasteiger partial charge is 0.410 e. The van der Waals surface area contributed by atoms with Gasteiger partial charge in [0.1, 0.15) is 11.4 Å². The van der Waals surface area contributed by atoms with Gasteiger partial charge in [-0.2, -0.15) is 18.3 Å². The predicted octanol–water partition coefficient (Wildman–Crippen LogP) is 3.76. The van der Waals surface area contributed by atoms with Crippen LogP contribution in [0.15, 0.2) is 30.5 Å². The molecular formula is C20H23F3N4O2. The number of aryl methyl sites for hydroxylation is 1. The van der Waals surface area contributed by atoms with Gasteiger partial charge in [0.05, 0.1) is 18.3 Å². The Kier molecular flexibility index (Phi) is 5.24. The van der Waals surface area contributed by atoms with E-state index in [0.29, 0.717) is 13.2 Å². The maximum atomic E-state index is 13.7. The zero-order valence-corrected chi connectivity index (χ0v) is 16.0. The number of alkyl halides is 3. The third kappa shape index (κ3) is 4.10. The summed E-state index contributed by atoms with van der Waals surface area (Å²) in [5, 5.41) is 9.74. The number of rotatable bonds is 4. The summed E-state index contributed by atoms with van der Waals surface area (Å²) < 4.78 is 47.6. The van der Waals surface area contributed by atoms with E-state index < -0.39 is 24.2 Å². The molecule has 2 aromatic rings. The number of carbonyl (C=O) groups excluding carboxylic acids is 1. The molecule has 0 bridgehead atoms. The molecule has 29 heavy (non-hydrogen) atoms. The summed E-state index contributed by atoms with van der Waals surface area (Å²) in [6, 6.07) is 4.97. The fourth-order valence-electron chi connectivity index (χ4n) is 3.85. The first-order chi connectivity index (χ1) is 13.8. The molecule has 4 rings (SSSR count). The molecule has 0 aliphatic carbocycles. The Morgan fingerprint density at radius 2 is 2.10 bits per heavy atom. The van der Waals surface area contributed by atoms with Crippen molar-refractivity contribution in [3.63, 3.8) is 0 Å². The van der Waals surface area contributed by atoms with Crippen LogP contribution < -0.4 is 10.6 Å². The van der Waals surface area contributed by atoms with Gasteiger partial charge in [-0.25, -0.2) is 4.68 Å². The normalized spacial score (nSPS) is 24.1. The molecule has 0 spiro atoms. The summed E-state index contributed by atoms with van der Waals surface area (Å²) in [5.74, 6) is -0.367. The number of benzene rings is 1. The Balaban J connectivity index is 1.60. The van der Waals surface area contributed by atoms with Crippen LogP contribution in [0.4, 0.5) is 19.0 Å². The van der Waals surface area contributed by atoms with Crippen molar-refractivity contribution in [3.05, 3.63) is 47.2 Å². The van der Waals surface area contributed by atoms with Crippen molar-refractivity contribution in [1.29, 1.82) is 0 Å². The SMILES string of the molecule is Cc1ccc([C@@H]2C[C@@H](C(F)(F)F)n3ncc(C(=O)NC[C@@H]4CCCO4)c3N2)cc1. The van der Waals surface area contributed by atoms with Crippen LogP contribution in [-0.4, -0.2) is 41.1 Å². The van der Waals surface area contributed by atoms with Gasteiger partial charge in [0.25, 0.3) is 5.91 Å². The quantitative estimate of drug-likeness (QED) is 0.808. The van der Waals surface area contributed by atoms with Crippen LogP contribution in [0.25, 0.3) is 0 Å². The van der Waals surface area contributed by atoms with Crippen molar-refractivity contribution in [3.8, 4) is 0 Å². The summed E-state index contributed by atoms with van der Waals surface area (Å²) >= 11 is 0. The molecule has 0 radical (unpaired) electrons. The minimum atomic E-state index is -4.47. The van der Waals surface area contributed by atoms with Gasteiger partial charge in [-0.1, -0.05) is 29.8 Å². The first kappa shape index (κ1) is 19.8. The lowest BCUT2D eigenvalue weighted by Gasteiger charge is -2.34. The van der Waals surface area contributed by atoms with Gasteiger partial charge < -0.3 is 15.4 Å². The predicted molar refractivity (Wildman–Crippen MR) is 101 cm³/mol. The second-order valence-corrected chi connectivity index (χ2v) is 7.60. The number of carbonyl (C=O) groups is 1. The Hall–Kier alpha value is -2.55. The van der Waals surface area contributed by atoms with Gasteiger partial charge in [0.15, 0.2) is 6.04 Å². The maximum absolute atomic E-state index is 13.7. The standard InChI is InChI=1S/C20H23F3N4O2/c1-12-4-6-13(7-5-12)16-9-17(20(21,22)23)27-18(26-16)15(11-25-27)19(28)24-10-14-3-2-8-29-14/h4-7,11,14,16-17,26H,2-3,8-10H2,1H3,(H,24,28)/t14-,16-,17-/m0/s1. The van der Waals surface area contributed by atoms with E-state index in [1.807, 2.05) is 31.2 Å². The van der Waals surface area contributed by atoms with Gasteiger partial charge in [-0.15, -0.1) is 0 Å². The number of aromatic nitrogens is 2. The average Bonchev–Trinajstić information content (AvgIpc) is 3.35. The van der Waals surface area contributed by atoms with Gasteiger partial charge in [-0.05, 0) is 25.3 Å². The summed E-state index contributed by atoms with van der Waals surface area (Å²) in [4.78, 5) is 12.6. The van der Waals surface area contributed by atoms with E-state index >= 15 is 0 Å². The summed E-state index contributed by atoms with van der Waals surface area (Å²) in [7, 11) is 0. The van der Waals surface area contributed by atoms with E-state index in [2.05, 4.69) is 15.7 Å². The second kappa shape index (κ2) is 7.70. The number of nitrogens with one attached hydrogen (secondary N) is 2. The van der Waals surface area contributed by atoms with Gasteiger partial charge in [0.2, 0.25) is 0 Å². The van der Waals surface area contributed by atoms with E-state index in [4.69, 9.17) is 4.74 Å². The van der Waals surface area contributed by atoms with Crippen molar-refractivity contribution in [2.45, 2.75) is 50.6 Å². The fourth-order valence-corrected chi connectivity index (χ4v) is 3.85. The molecule has 0 unspecified atom stereocenters. The molecule has 1 aromatic carbocycles. The molecule has 0 saturated carbocycles. The van der Waals surface area contributed by atoms with Crippen LogP contribution >= 0.6 is 0 Å². The molecule has 1 saturated heterocycles. The summed E-state index contributed by atoms with van der Waals surface area (Å²) in [5.41, 5.74) is 1.87. The highest BCUT2D eigenvalue weighted by Crippen LogP contribution is 2.44.